The van der Waals surface area contributed by atoms with Gasteiger partial charge in [0.2, 0.25) is 0 Å². The Labute approximate surface area is 220 Å². The monoisotopic (exact) mass is 497 g/mol. The lowest BCUT2D eigenvalue weighted by Gasteiger charge is -2.12. The number of fused-ring (bicyclic) bond motifs is 1. The minimum Gasteiger partial charge on any atom is -0.494 e. The van der Waals surface area contributed by atoms with E-state index < -0.39 is 0 Å². The number of carbonyl (C=O) groups excluding carboxylic acids is 1. The number of nitrogens with one attached hydrogen (secondary N) is 1. The number of aromatic nitrogens is 2. The van der Waals surface area contributed by atoms with Gasteiger partial charge in [-0.25, -0.2) is 4.98 Å². The van der Waals surface area contributed by atoms with Crippen molar-refractivity contribution in [2.45, 2.75) is 65.3 Å². The van der Waals surface area contributed by atoms with Crippen molar-refractivity contribution in [2.75, 3.05) is 13.2 Å². The second-order valence-electron chi connectivity index (χ2n) is 9.83. The van der Waals surface area contributed by atoms with Gasteiger partial charge >= 0.3 is 0 Å². The summed E-state index contributed by atoms with van der Waals surface area (Å²) in [4.78, 5) is 17.3. The summed E-state index contributed by atoms with van der Waals surface area (Å²) in [6, 6.07) is 24.5. The first-order valence-corrected chi connectivity index (χ1v) is 13.6. The Bertz CT molecular complexity index is 1290. The number of carbonyl (C=O) groups is 1. The summed E-state index contributed by atoms with van der Waals surface area (Å²) < 4.78 is 8.32. The molecule has 1 heterocycles. The lowest BCUT2D eigenvalue weighted by atomic mass is 9.99. The van der Waals surface area contributed by atoms with Crippen LogP contribution in [0.2, 0.25) is 0 Å². The van der Waals surface area contributed by atoms with E-state index in [-0.39, 0.29) is 5.91 Å². The molecule has 0 aliphatic rings. The third-order valence-corrected chi connectivity index (χ3v) is 6.98. The molecule has 37 heavy (non-hydrogen) atoms. The molecular formula is C32H39N3O2. The molecule has 0 radical (unpaired) electrons. The fourth-order valence-corrected chi connectivity index (χ4v) is 4.59. The highest BCUT2D eigenvalue weighted by molar-refractivity contribution is 5.94. The number of amides is 1. The predicted molar refractivity (Wildman–Crippen MR) is 151 cm³/mol. The van der Waals surface area contributed by atoms with Crippen LogP contribution in [-0.4, -0.2) is 28.6 Å². The van der Waals surface area contributed by atoms with Gasteiger partial charge in [-0.3, -0.25) is 4.79 Å². The fraction of sp³-hybridized carbons (Fsp3) is 0.375. The van der Waals surface area contributed by atoms with Crippen molar-refractivity contribution in [1.82, 2.24) is 14.9 Å². The fourth-order valence-electron chi connectivity index (χ4n) is 4.59. The summed E-state index contributed by atoms with van der Waals surface area (Å²) in [6.45, 7) is 8.70. The van der Waals surface area contributed by atoms with E-state index in [1.807, 2.05) is 37.3 Å². The lowest BCUT2D eigenvalue weighted by molar-refractivity contribution is 0.0953. The average molecular weight is 498 g/mol. The Morgan fingerprint density at radius 1 is 1.00 bits per heavy atom. The molecule has 3 aromatic carbocycles. The molecular weight excluding hydrogens is 458 g/mol. The van der Waals surface area contributed by atoms with Gasteiger partial charge < -0.3 is 14.6 Å². The zero-order valence-electron chi connectivity index (χ0n) is 22.4. The summed E-state index contributed by atoms with van der Waals surface area (Å²) in [5.74, 6) is 2.57. The molecule has 0 aliphatic carbocycles. The molecule has 1 aromatic heterocycles. The molecule has 1 amide bonds. The van der Waals surface area contributed by atoms with Gasteiger partial charge in [0.1, 0.15) is 11.6 Å². The normalized spacial score (nSPS) is 12.0. The van der Waals surface area contributed by atoms with Gasteiger partial charge in [-0.1, -0.05) is 55.8 Å². The number of benzene rings is 3. The summed E-state index contributed by atoms with van der Waals surface area (Å²) in [7, 11) is 0. The zero-order valence-corrected chi connectivity index (χ0v) is 22.4. The van der Waals surface area contributed by atoms with Crippen LogP contribution in [0.5, 0.6) is 5.75 Å². The Balaban J connectivity index is 1.26. The van der Waals surface area contributed by atoms with Crippen LogP contribution in [0.25, 0.3) is 11.0 Å². The molecule has 0 fully saturated rings. The summed E-state index contributed by atoms with van der Waals surface area (Å²) >= 11 is 0. The van der Waals surface area contributed by atoms with E-state index in [0.717, 1.165) is 61.3 Å². The van der Waals surface area contributed by atoms with Gasteiger partial charge in [0.25, 0.3) is 5.91 Å². The van der Waals surface area contributed by atoms with E-state index in [4.69, 9.17) is 9.72 Å². The maximum Gasteiger partial charge on any atom is 0.251 e. The number of unbranched alkanes of at least 4 members (excludes halogenated alkanes) is 1. The standard InChI is InChI=1S/C32H39N3O2/c1-4-25(3)26-16-18-28(19-17-26)37-22-8-7-21-35-30-14-6-5-13-29(30)34-31(35)15-10-20-33-32(36)27-12-9-11-24(2)23-27/h5-6,9,11-14,16-19,23,25H,4,7-8,10,15,20-22H2,1-3H3,(H,33,36). The number of para-hydroxylation sites is 2. The molecule has 5 heteroatoms. The molecule has 0 bridgehead atoms. The molecule has 194 valence electrons. The highest BCUT2D eigenvalue weighted by atomic mass is 16.5. The second-order valence-corrected chi connectivity index (χ2v) is 9.83. The largest absolute Gasteiger partial charge is 0.494 e. The first-order valence-electron chi connectivity index (χ1n) is 13.6. The average Bonchev–Trinajstić information content (AvgIpc) is 3.28. The number of rotatable bonds is 13. The van der Waals surface area contributed by atoms with E-state index in [0.29, 0.717) is 24.6 Å². The Hall–Kier alpha value is -3.60. The van der Waals surface area contributed by atoms with E-state index in [1.165, 1.54) is 11.1 Å². The van der Waals surface area contributed by atoms with Crippen LogP contribution in [0.3, 0.4) is 0 Å². The molecule has 4 aromatic rings. The number of hydrogen-bond donors (Lipinski definition) is 1. The zero-order chi connectivity index (χ0) is 26.0. The summed E-state index contributed by atoms with van der Waals surface area (Å²) in [6.07, 6.45) is 4.81. The predicted octanol–water partition coefficient (Wildman–Crippen LogP) is 7.08. The summed E-state index contributed by atoms with van der Waals surface area (Å²) in [5, 5.41) is 3.05. The minimum absolute atomic E-state index is 0.0216. The van der Waals surface area contributed by atoms with Crippen LogP contribution in [0, 0.1) is 6.92 Å². The van der Waals surface area contributed by atoms with Crippen molar-refractivity contribution >= 4 is 16.9 Å². The van der Waals surface area contributed by atoms with Crippen LogP contribution in [-0.2, 0) is 13.0 Å². The van der Waals surface area contributed by atoms with E-state index in [2.05, 4.69) is 66.2 Å². The number of aryl methyl sites for hydroxylation is 3. The molecule has 0 saturated carbocycles. The SMILES string of the molecule is CCC(C)c1ccc(OCCCCn2c(CCCNC(=O)c3cccc(C)c3)nc3ccccc32)cc1. The van der Waals surface area contributed by atoms with Crippen molar-refractivity contribution < 1.29 is 9.53 Å². The molecule has 1 atom stereocenters. The molecule has 4 rings (SSSR count). The van der Waals surface area contributed by atoms with Crippen LogP contribution < -0.4 is 10.1 Å². The van der Waals surface area contributed by atoms with Gasteiger partial charge in [-0.2, -0.15) is 0 Å². The van der Waals surface area contributed by atoms with Crippen molar-refractivity contribution in [3.8, 4) is 5.75 Å². The number of imidazole rings is 1. The highest BCUT2D eigenvalue weighted by Gasteiger charge is 2.11. The third kappa shape index (κ3) is 7.22. The van der Waals surface area contributed by atoms with Crippen LogP contribution in [0.1, 0.15) is 72.8 Å². The summed E-state index contributed by atoms with van der Waals surface area (Å²) in [5.41, 5.74) is 5.36. The van der Waals surface area contributed by atoms with Crippen molar-refractivity contribution in [1.29, 1.82) is 0 Å². The molecule has 5 nitrogen and oxygen atoms in total. The van der Waals surface area contributed by atoms with Crippen LogP contribution in [0.15, 0.2) is 72.8 Å². The second kappa shape index (κ2) is 13.1. The maximum atomic E-state index is 12.4. The molecule has 1 N–H and O–H groups in total. The van der Waals surface area contributed by atoms with E-state index in [9.17, 15) is 4.79 Å². The molecule has 0 aliphatic heterocycles. The highest BCUT2D eigenvalue weighted by Crippen LogP contribution is 2.22. The van der Waals surface area contributed by atoms with Gasteiger partial charge in [-0.05, 0) is 80.5 Å². The molecule has 0 spiro atoms. The van der Waals surface area contributed by atoms with Gasteiger partial charge in [-0.15, -0.1) is 0 Å². The number of hydrogen-bond acceptors (Lipinski definition) is 3. The molecule has 1 unspecified atom stereocenters. The topological polar surface area (TPSA) is 56.1 Å². The van der Waals surface area contributed by atoms with Gasteiger partial charge in [0, 0.05) is 25.1 Å². The first kappa shape index (κ1) is 26.5. The minimum atomic E-state index is -0.0216. The quantitative estimate of drug-likeness (QED) is 0.201. The van der Waals surface area contributed by atoms with Crippen molar-refractivity contribution in [3.63, 3.8) is 0 Å². The first-order chi connectivity index (χ1) is 18.0. The lowest BCUT2D eigenvalue weighted by Crippen LogP contribution is -2.25. The van der Waals surface area contributed by atoms with Crippen LogP contribution in [0.4, 0.5) is 0 Å². The Morgan fingerprint density at radius 2 is 1.81 bits per heavy atom. The van der Waals surface area contributed by atoms with Crippen LogP contribution >= 0.6 is 0 Å². The number of nitrogens with zero attached hydrogens (tertiary/aromatic N) is 2. The Kier molecular flexibility index (Phi) is 9.36. The van der Waals surface area contributed by atoms with E-state index in [1.54, 1.807) is 0 Å². The van der Waals surface area contributed by atoms with Crippen molar-refractivity contribution in [3.05, 3.63) is 95.3 Å². The number of ether oxygens (including phenoxy) is 1. The Morgan fingerprint density at radius 3 is 2.59 bits per heavy atom. The maximum absolute atomic E-state index is 12.4. The van der Waals surface area contributed by atoms with Crippen molar-refractivity contribution in [2.24, 2.45) is 0 Å². The smallest absolute Gasteiger partial charge is 0.251 e. The van der Waals surface area contributed by atoms with E-state index >= 15 is 0 Å². The van der Waals surface area contributed by atoms with Gasteiger partial charge in [0.05, 0.1) is 17.6 Å². The third-order valence-electron chi connectivity index (χ3n) is 6.98. The molecule has 0 saturated heterocycles. The van der Waals surface area contributed by atoms with Gasteiger partial charge in [0.15, 0.2) is 0 Å².